The molecule has 0 amide bonds. The van der Waals surface area contributed by atoms with Gasteiger partial charge in [0.25, 0.3) is 0 Å². The Labute approximate surface area is 111 Å². The van der Waals surface area contributed by atoms with Crippen LogP contribution in [0.3, 0.4) is 0 Å². The van der Waals surface area contributed by atoms with E-state index in [-0.39, 0.29) is 0 Å². The van der Waals surface area contributed by atoms with E-state index in [9.17, 15) is 0 Å². The van der Waals surface area contributed by atoms with E-state index in [1.807, 2.05) is 0 Å². The van der Waals surface area contributed by atoms with E-state index < -0.39 is 0 Å². The van der Waals surface area contributed by atoms with Crippen molar-refractivity contribution in [2.24, 2.45) is 0 Å². The van der Waals surface area contributed by atoms with Crippen molar-refractivity contribution in [2.75, 3.05) is 13.7 Å². The highest BCUT2D eigenvalue weighted by atomic mass is 16.5. The van der Waals surface area contributed by atoms with Crippen LogP contribution in [0.1, 0.15) is 37.0 Å². The van der Waals surface area contributed by atoms with Gasteiger partial charge in [-0.25, -0.2) is 0 Å². The van der Waals surface area contributed by atoms with Gasteiger partial charge in [-0.3, -0.25) is 0 Å². The Bertz CT molecular complexity index is 408. The molecule has 0 heterocycles. The number of nitrogens with one attached hydrogen (secondary N) is 1. The maximum atomic E-state index is 5.44. The van der Waals surface area contributed by atoms with Gasteiger partial charge in [-0.05, 0) is 44.0 Å². The molecule has 0 radical (unpaired) electrons. The summed E-state index contributed by atoms with van der Waals surface area (Å²) < 4.78 is 5.44. The summed E-state index contributed by atoms with van der Waals surface area (Å²) in [5, 5.41) is 3.40. The van der Waals surface area contributed by atoms with E-state index in [4.69, 9.17) is 4.74 Å². The first-order chi connectivity index (χ1) is 8.54. The molecule has 0 bridgehead atoms. The van der Waals surface area contributed by atoms with E-state index >= 15 is 0 Å². The van der Waals surface area contributed by atoms with Gasteiger partial charge in [0.15, 0.2) is 0 Å². The third kappa shape index (κ3) is 4.53. The average Bonchev–Trinajstić information content (AvgIpc) is 2.30. The Balaban J connectivity index is 2.68. The van der Waals surface area contributed by atoms with Crippen LogP contribution in [0.5, 0.6) is 5.75 Å². The van der Waals surface area contributed by atoms with Crippen LogP contribution in [-0.4, -0.2) is 19.7 Å². The summed E-state index contributed by atoms with van der Waals surface area (Å²) in [6.07, 6.45) is 5.40. The Morgan fingerprint density at radius 2 is 2.00 bits per heavy atom. The van der Waals surface area contributed by atoms with Gasteiger partial charge in [-0.1, -0.05) is 32.1 Å². The summed E-state index contributed by atoms with van der Waals surface area (Å²) in [6.45, 7) is 9.56. The molecule has 0 aliphatic carbocycles. The molecule has 0 unspecified atom stereocenters. The number of hydrogen-bond acceptors (Lipinski definition) is 2. The summed E-state index contributed by atoms with van der Waals surface area (Å²) in [5.74, 6) is 0.959. The van der Waals surface area contributed by atoms with Gasteiger partial charge in [0.1, 0.15) is 5.75 Å². The Kier molecular flexibility index (Phi) is 5.93. The zero-order valence-electron chi connectivity index (χ0n) is 12.2. The second kappa shape index (κ2) is 7.22. The summed E-state index contributed by atoms with van der Waals surface area (Å²) in [5.41, 5.74) is 3.69. The Morgan fingerprint density at radius 1 is 1.28 bits per heavy atom. The van der Waals surface area contributed by atoms with Crippen molar-refractivity contribution in [1.29, 1.82) is 0 Å². The number of ether oxygens (including phenoxy) is 1. The number of benzene rings is 1. The van der Waals surface area contributed by atoms with Crippen molar-refractivity contribution < 1.29 is 4.74 Å². The molecule has 1 aromatic carbocycles. The first-order valence-electron chi connectivity index (χ1n) is 6.59. The minimum Gasteiger partial charge on any atom is -0.496 e. The van der Waals surface area contributed by atoms with Crippen LogP contribution in [0.2, 0.25) is 0 Å². The number of hydrogen-bond donors (Lipinski definition) is 1. The minimum atomic E-state index is 0.550. The van der Waals surface area contributed by atoms with Crippen LogP contribution in [-0.2, 0) is 0 Å². The Morgan fingerprint density at radius 3 is 2.61 bits per heavy atom. The highest BCUT2D eigenvalue weighted by molar-refractivity contribution is 5.62. The molecule has 0 atom stereocenters. The molecule has 1 N–H and O–H groups in total. The molecule has 2 nitrogen and oxygen atoms in total. The lowest BCUT2D eigenvalue weighted by Gasteiger charge is -2.10. The first-order valence-corrected chi connectivity index (χ1v) is 6.59. The summed E-state index contributed by atoms with van der Waals surface area (Å²) in [6, 6.07) is 4.82. The van der Waals surface area contributed by atoms with Gasteiger partial charge in [0.05, 0.1) is 7.11 Å². The predicted octanol–water partition coefficient (Wildman–Crippen LogP) is 3.71. The zero-order chi connectivity index (χ0) is 13.5. The predicted molar refractivity (Wildman–Crippen MR) is 79.3 cm³/mol. The molecule has 0 saturated carbocycles. The Hall–Kier alpha value is -1.28. The third-order valence-electron chi connectivity index (χ3n) is 2.86. The van der Waals surface area contributed by atoms with Crippen molar-refractivity contribution in [1.82, 2.24) is 5.32 Å². The zero-order valence-corrected chi connectivity index (χ0v) is 12.2. The number of aryl methyl sites for hydroxylation is 2. The SMILES string of the molecule is COc1cc(C)cc(C)c1/C=C/CCNC(C)C. The molecular formula is C16H25NO. The van der Waals surface area contributed by atoms with Gasteiger partial charge < -0.3 is 10.1 Å². The average molecular weight is 247 g/mol. The van der Waals surface area contributed by atoms with E-state index in [0.29, 0.717) is 6.04 Å². The van der Waals surface area contributed by atoms with Gasteiger partial charge in [0.2, 0.25) is 0 Å². The lowest BCUT2D eigenvalue weighted by molar-refractivity contribution is 0.413. The van der Waals surface area contributed by atoms with Gasteiger partial charge in [0, 0.05) is 11.6 Å². The molecule has 2 heteroatoms. The molecule has 100 valence electrons. The highest BCUT2D eigenvalue weighted by Crippen LogP contribution is 2.25. The molecule has 0 aliphatic heterocycles. The topological polar surface area (TPSA) is 21.3 Å². The van der Waals surface area contributed by atoms with E-state index in [1.165, 1.54) is 16.7 Å². The van der Waals surface area contributed by atoms with Crippen LogP contribution in [0, 0.1) is 13.8 Å². The second-order valence-corrected chi connectivity index (χ2v) is 5.00. The quantitative estimate of drug-likeness (QED) is 0.774. The monoisotopic (exact) mass is 247 g/mol. The maximum Gasteiger partial charge on any atom is 0.126 e. The summed E-state index contributed by atoms with van der Waals surface area (Å²) >= 11 is 0. The molecule has 0 fully saturated rings. The smallest absolute Gasteiger partial charge is 0.126 e. The highest BCUT2D eigenvalue weighted by Gasteiger charge is 2.04. The molecule has 0 spiro atoms. The fraction of sp³-hybridized carbons (Fsp3) is 0.500. The van der Waals surface area contributed by atoms with Crippen molar-refractivity contribution in [3.63, 3.8) is 0 Å². The molecule has 0 aliphatic rings. The standard InChI is InChI=1S/C16H25NO/c1-12(2)17-9-7-6-8-15-14(4)10-13(3)11-16(15)18-5/h6,8,10-12,17H,7,9H2,1-5H3/b8-6+. The van der Waals surface area contributed by atoms with Crippen LogP contribution < -0.4 is 10.1 Å². The largest absolute Gasteiger partial charge is 0.496 e. The van der Waals surface area contributed by atoms with Crippen molar-refractivity contribution in [3.05, 3.63) is 34.9 Å². The molecule has 0 aromatic heterocycles. The molecule has 1 rings (SSSR count). The lowest BCUT2D eigenvalue weighted by Crippen LogP contribution is -2.23. The maximum absolute atomic E-state index is 5.44. The number of methoxy groups -OCH3 is 1. The van der Waals surface area contributed by atoms with Crippen molar-refractivity contribution in [2.45, 2.75) is 40.2 Å². The number of rotatable bonds is 6. The molecular weight excluding hydrogens is 222 g/mol. The molecule has 1 aromatic rings. The summed E-state index contributed by atoms with van der Waals surface area (Å²) in [7, 11) is 1.73. The minimum absolute atomic E-state index is 0.550. The second-order valence-electron chi connectivity index (χ2n) is 5.00. The van der Waals surface area contributed by atoms with Crippen LogP contribution in [0.25, 0.3) is 6.08 Å². The van der Waals surface area contributed by atoms with Crippen molar-refractivity contribution in [3.8, 4) is 5.75 Å². The van der Waals surface area contributed by atoms with E-state index in [2.05, 4.69) is 57.3 Å². The fourth-order valence-electron chi connectivity index (χ4n) is 1.98. The van der Waals surface area contributed by atoms with Gasteiger partial charge in [-0.15, -0.1) is 0 Å². The van der Waals surface area contributed by atoms with Crippen LogP contribution >= 0.6 is 0 Å². The van der Waals surface area contributed by atoms with Crippen LogP contribution in [0.4, 0.5) is 0 Å². The first kappa shape index (κ1) is 14.8. The van der Waals surface area contributed by atoms with E-state index in [0.717, 1.165) is 18.7 Å². The van der Waals surface area contributed by atoms with Gasteiger partial charge >= 0.3 is 0 Å². The molecule has 0 saturated heterocycles. The normalized spacial score (nSPS) is 11.4. The van der Waals surface area contributed by atoms with E-state index in [1.54, 1.807) is 7.11 Å². The molecule has 18 heavy (non-hydrogen) atoms. The van der Waals surface area contributed by atoms with Crippen LogP contribution in [0.15, 0.2) is 18.2 Å². The third-order valence-corrected chi connectivity index (χ3v) is 2.86. The summed E-state index contributed by atoms with van der Waals surface area (Å²) in [4.78, 5) is 0. The van der Waals surface area contributed by atoms with Gasteiger partial charge in [-0.2, -0.15) is 0 Å². The lowest BCUT2D eigenvalue weighted by atomic mass is 10.0. The fourth-order valence-corrected chi connectivity index (χ4v) is 1.98. The van der Waals surface area contributed by atoms with Crippen molar-refractivity contribution >= 4 is 6.08 Å².